The van der Waals surface area contributed by atoms with Gasteiger partial charge < -0.3 is 15.1 Å². The van der Waals surface area contributed by atoms with Crippen molar-refractivity contribution in [2.75, 3.05) is 43.9 Å². The molecule has 1 aromatic heterocycles. The lowest BCUT2D eigenvalue weighted by atomic mass is 9.75. The molecule has 1 fully saturated rings. The van der Waals surface area contributed by atoms with Crippen LogP contribution in [0, 0.1) is 0 Å². The van der Waals surface area contributed by atoms with E-state index in [0.29, 0.717) is 12.0 Å². The molecule has 1 saturated heterocycles. The molecule has 1 aliphatic carbocycles. The van der Waals surface area contributed by atoms with Crippen LogP contribution in [-0.2, 0) is 0 Å². The molecule has 5 nitrogen and oxygen atoms in total. The molecule has 0 amide bonds. The summed E-state index contributed by atoms with van der Waals surface area (Å²) in [5.74, 6) is 2.59. The number of hydrogen-bond acceptors (Lipinski definition) is 5. The van der Waals surface area contributed by atoms with Gasteiger partial charge in [0.05, 0.1) is 6.04 Å². The molecule has 126 valence electrons. The van der Waals surface area contributed by atoms with Crippen LogP contribution < -0.4 is 10.2 Å². The van der Waals surface area contributed by atoms with Gasteiger partial charge in [-0.15, -0.1) is 0 Å². The summed E-state index contributed by atoms with van der Waals surface area (Å²) in [6, 6.07) is 11.5. The molecule has 2 bridgehead atoms. The summed E-state index contributed by atoms with van der Waals surface area (Å²) >= 11 is 0. The van der Waals surface area contributed by atoms with Crippen molar-refractivity contribution in [3.63, 3.8) is 0 Å². The Balaban J connectivity index is 1.55. The number of aromatic nitrogens is 2. The number of hydrogen-bond donors (Lipinski definition) is 1. The zero-order valence-corrected chi connectivity index (χ0v) is 14.4. The van der Waals surface area contributed by atoms with Gasteiger partial charge in [0.25, 0.3) is 0 Å². The number of likely N-dealkylation sites (N-methyl/N-ethyl adjacent to an activating group) is 1. The lowest BCUT2D eigenvalue weighted by Gasteiger charge is -2.47. The zero-order chi connectivity index (χ0) is 16.5. The number of anilines is 2. The van der Waals surface area contributed by atoms with E-state index in [0.717, 1.165) is 31.3 Å². The van der Waals surface area contributed by atoms with Gasteiger partial charge in [0.15, 0.2) is 0 Å². The third-order valence-corrected chi connectivity index (χ3v) is 5.19. The number of fused-ring (bicyclic) bond motifs is 2. The number of rotatable bonds is 5. The molecule has 5 rings (SSSR count). The number of nitrogens with zero attached hydrogens (tertiary/aromatic N) is 4. The van der Waals surface area contributed by atoms with Gasteiger partial charge in [-0.2, -0.15) is 0 Å². The van der Waals surface area contributed by atoms with Crippen molar-refractivity contribution in [3.05, 3.63) is 47.8 Å². The first-order valence-corrected chi connectivity index (χ1v) is 8.78. The van der Waals surface area contributed by atoms with Crippen molar-refractivity contribution in [1.29, 1.82) is 0 Å². The van der Waals surface area contributed by atoms with Gasteiger partial charge in [-0.05, 0) is 38.1 Å². The first-order valence-electron chi connectivity index (χ1n) is 8.78. The van der Waals surface area contributed by atoms with Gasteiger partial charge >= 0.3 is 0 Å². The monoisotopic (exact) mass is 323 g/mol. The molecule has 0 spiro atoms. The van der Waals surface area contributed by atoms with E-state index in [-0.39, 0.29) is 0 Å². The maximum Gasteiger partial charge on any atom is 0.134 e. The fourth-order valence-corrected chi connectivity index (χ4v) is 4.00. The summed E-state index contributed by atoms with van der Waals surface area (Å²) in [4.78, 5) is 13.6. The summed E-state index contributed by atoms with van der Waals surface area (Å²) in [5.41, 5.74) is 3.03. The molecule has 0 radical (unpaired) electrons. The van der Waals surface area contributed by atoms with Crippen molar-refractivity contribution < 1.29 is 0 Å². The highest BCUT2D eigenvalue weighted by atomic mass is 15.2. The van der Waals surface area contributed by atoms with Crippen molar-refractivity contribution in [1.82, 2.24) is 14.9 Å². The molecule has 0 unspecified atom stereocenters. The normalized spacial score (nSPS) is 21.9. The molecule has 2 aliphatic heterocycles. The highest BCUT2D eigenvalue weighted by Gasteiger charge is 2.38. The molecule has 5 heteroatoms. The standard InChI is InChI=1S/C19H25N5/c1-23(2)10-9-20-18-11-19(22-13-21-18)24-12-14-7-8-17(24)16-6-4-3-5-15(14)16/h3-6,11,13-14,17H,7-10,12H2,1-2H3,(H,20,21,22)/t14-,17+/m1/s1. The summed E-state index contributed by atoms with van der Waals surface area (Å²) in [6.07, 6.45) is 4.19. The van der Waals surface area contributed by atoms with Crippen molar-refractivity contribution >= 4 is 11.6 Å². The Morgan fingerprint density at radius 2 is 2.00 bits per heavy atom. The first kappa shape index (κ1) is 15.4. The van der Waals surface area contributed by atoms with Crippen LogP contribution in [-0.4, -0.2) is 48.6 Å². The van der Waals surface area contributed by atoms with Crippen LogP contribution in [0.1, 0.15) is 35.9 Å². The molecule has 2 aromatic rings. The van der Waals surface area contributed by atoms with Gasteiger partial charge in [-0.3, -0.25) is 0 Å². The average Bonchev–Trinajstić information content (AvgIpc) is 2.62. The molecule has 24 heavy (non-hydrogen) atoms. The van der Waals surface area contributed by atoms with Crippen molar-refractivity contribution in [3.8, 4) is 0 Å². The summed E-state index contributed by atoms with van der Waals surface area (Å²) in [5, 5.41) is 3.40. The topological polar surface area (TPSA) is 44.3 Å². The van der Waals surface area contributed by atoms with Crippen LogP contribution >= 0.6 is 0 Å². The zero-order valence-electron chi connectivity index (χ0n) is 14.4. The Morgan fingerprint density at radius 3 is 2.83 bits per heavy atom. The van der Waals surface area contributed by atoms with E-state index in [2.05, 4.69) is 69.5 Å². The van der Waals surface area contributed by atoms with Crippen LogP contribution in [0.4, 0.5) is 11.6 Å². The molecule has 3 heterocycles. The van der Waals surface area contributed by atoms with Crippen LogP contribution in [0.2, 0.25) is 0 Å². The second-order valence-electron chi connectivity index (χ2n) is 7.06. The largest absolute Gasteiger partial charge is 0.369 e. The van der Waals surface area contributed by atoms with E-state index < -0.39 is 0 Å². The summed E-state index contributed by atoms with van der Waals surface area (Å²) < 4.78 is 0. The minimum Gasteiger partial charge on any atom is -0.369 e. The number of piperidine rings is 1. The van der Waals surface area contributed by atoms with Gasteiger partial charge in [0.1, 0.15) is 18.0 Å². The van der Waals surface area contributed by atoms with Crippen LogP contribution in [0.15, 0.2) is 36.7 Å². The highest BCUT2D eigenvalue weighted by Crippen LogP contribution is 2.47. The quantitative estimate of drug-likeness (QED) is 0.916. The molecule has 0 saturated carbocycles. The smallest absolute Gasteiger partial charge is 0.134 e. The van der Waals surface area contributed by atoms with E-state index in [1.165, 1.54) is 18.4 Å². The first-order chi connectivity index (χ1) is 11.7. The van der Waals surface area contributed by atoms with Crippen LogP contribution in [0.3, 0.4) is 0 Å². The maximum atomic E-state index is 4.56. The molecule has 3 aliphatic rings. The molecular weight excluding hydrogens is 298 g/mol. The third-order valence-electron chi connectivity index (χ3n) is 5.19. The Bertz CT molecular complexity index is 714. The van der Waals surface area contributed by atoms with E-state index in [1.807, 2.05) is 0 Å². The fraction of sp³-hybridized carbons (Fsp3) is 0.474. The molecular formula is C19H25N5. The minimum absolute atomic E-state index is 0.454. The van der Waals surface area contributed by atoms with E-state index in [4.69, 9.17) is 0 Å². The predicted octanol–water partition coefficient (Wildman–Crippen LogP) is 2.89. The molecule has 2 atom stereocenters. The second-order valence-corrected chi connectivity index (χ2v) is 7.06. The number of nitrogens with one attached hydrogen (secondary N) is 1. The summed E-state index contributed by atoms with van der Waals surface area (Å²) in [6.45, 7) is 2.94. The van der Waals surface area contributed by atoms with Gasteiger partial charge in [-0.25, -0.2) is 9.97 Å². The third kappa shape index (κ3) is 2.84. The van der Waals surface area contributed by atoms with Crippen molar-refractivity contribution in [2.24, 2.45) is 0 Å². The lowest BCUT2D eigenvalue weighted by Crippen LogP contribution is -2.42. The maximum absolute atomic E-state index is 4.56. The van der Waals surface area contributed by atoms with E-state index in [9.17, 15) is 0 Å². The van der Waals surface area contributed by atoms with Gasteiger partial charge in [0, 0.05) is 31.6 Å². The van der Waals surface area contributed by atoms with E-state index >= 15 is 0 Å². The molecule has 1 N–H and O–H groups in total. The second kappa shape index (κ2) is 6.40. The highest BCUT2D eigenvalue weighted by molar-refractivity contribution is 5.54. The lowest BCUT2D eigenvalue weighted by molar-refractivity contribution is 0.387. The average molecular weight is 323 g/mol. The van der Waals surface area contributed by atoms with Crippen molar-refractivity contribution in [2.45, 2.75) is 24.8 Å². The van der Waals surface area contributed by atoms with Gasteiger partial charge in [0.2, 0.25) is 0 Å². The SMILES string of the molecule is CN(C)CCNc1cc(N2C[C@H]3CC[C@H]2c2ccccc23)ncn1. The van der Waals surface area contributed by atoms with Crippen LogP contribution in [0.25, 0.3) is 0 Å². The Morgan fingerprint density at radius 1 is 1.17 bits per heavy atom. The molecule has 1 aromatic carbocycles. The Labute approximate surface area is 143 Å². The predicted molar refractivity (Wildman–Crippen MR) is 97.6 cm³/mol. The van der Waals surface area contributed by atoms with Crippen LogP contribution in [0.5, 0.6) is 0 Å². The fourth-order valence-electron chi connectivity index (χ4n) is 4.00. The number of benzene rings is 1. The van der Waals surface area contributed by atoms with E-state index in [1.54, 1.807) is 11.9 Å². The minimum atomic E-state index is 0.454. The Kier molecular flexibility index (Phi) is 4.10. The Hall–Kier alpha value is -2.14. The summed E-state index contributed by atoms with van der Waals surface area (Å²) in [7, 11) is 4.16. The van der Waals surface area contributed by atoms with Gasteiger partial charge in [-0.1, -0.05) is 24.3 Å².